The molecule has 2 heterocycles. The minimum Gasteiger partial charge on any atom is -0.396 e. The normalized spacial score (nSPS) is 30.9. The SMILES string of the molecule is C[C@H](CO)[C@H]1C[C@@H](n2cnc3c(N)ncnc32)[C@H](O)[C@@H]1O. The average molecular weight is 293 g/mol. The largest absolute Gasteiger partial charge is 0.396 e. The van der Waals surface area contributed by atoms with Crippen molar-refractivity contribution in [3.05, 3.63) is 12.7 Å². The van der Waals surface area contributed by atoms with Crippen molar-refractivity contribution in [1.29, 1.82) is 0 Å². The van der Waals surface area contributed by atoms with Crippen molar-refractivity contribution >= 4 is 17.0 Å². The lowest BCUT2D eigenvalue weighted by Gasteiger charge is -2.20. The van der Waals surface area contributed by atoms with Crippen LogP contribution < -0.4 is 5.73 Å². The standard InChI is InChI=1S/C13H19N5O3/c1-6(3-19)7-2-8(11(21)10(7)20)18-5-17-9-12(14)15-4-16-13(9)18/h4-8,10-11,19-21H,2-3H2,1H3,(H2,14,15,16)/t6-,7-,8-,10-,11+/m1/s1. The number of aliphatic hydroxyl groups is 3. The molecule has 1 aliphatic rings. The second kappa shape index (κ2) is 5.21. The molecule has 2 aromatic rings. The van der Waals surface area contributed by atoms with Crippen molar-refractivity contribution in [2.75, 3.05) is 12.3 Å². The summed E-state index contributed by atoms with van der Waals surface area (Å²) in [6.45, 7) is 1.83. The fourth-order valence-electron chi connectivity index (χ4n) is 3.13. The smallest absolute Gasteiger partial charge is 0.165 e. The van der Waals surface area contributed by atoms with Gasteiger partial charge in [0.05, 0.1) is 18.5 Å². The maximum atomic E-state index is 10.3. The van der Waals surface area contributed by atoms with Gasteiger partial charge in [0.25, 0.3) is 0 Å². The Kier molecular flexibility index (Phi) is 3.52. The molecule has 8 nitrogen and oxygen atoms in total. The van der Waals surface area contributed by atoms with Crippen molar-refractivity contribution in [1.82, 2.24) is 19.5 Å². The number of rotatable bonds is 3. The Bertz CT molecular complexity index is 646. The molecular formula is C13H19N5O3. The molecule has 0 unspecified atom stereocenters. The fraction of sp³-hybridized carbons (Fsp3) is 0.615. The zero-order valence-corrected chi connectivity index (χ0v) is 11.7. The Morgan fingerprint density at radius 1 is 1.33 bits per heavy atom. The van der Waals surface area contributed by atoms with Crippen LogP contribution in [0.15, 0.2) is 12.7 Å². The summed E-state index contributed by atoms with van der Waals surface area (Å²) in [6.07, 6.45) is 1.63. The Balaban J connectivity index is 1.98. The van der Waals surface area contributed by atoms with Gasteiger partial charge in [0.2, 0.25) is 0 Å². The van der Waals surface area contributed by atoms with Gasteiger partial charge in [-0.1, -0.05) is 6.92 Å². The van der Waals surface area contributed by atoms with E-state index in [1.807, 2.05) is 6.92 Å². The van der Waals surface area contributed by atoms with E-state index < -0.39 is 12.2 Å². The van der Waals surface area contributed by atoms with E-state index in [-0.39, 0.29) is 30.3 Å². The third kappa shape index (κ3) is 2.15. The second-order valence-corrected chi connectivity index (χ2v) is 5.69. The number of nitrogens with two attached hydrogens (primary N) is 1. The molecule has 8 heteroatoms. The predicted octanol–water partition coefficient (Wildman–Crippen LogP) is -0.680. The summed E-state index contributed by atoms with van der Waals surface area (Å²) in [7, 11) is 0. The predicted molar refractivity (Wildman–Crippen MR) is 75.1 cm³/mol. The van der Waals surface area contributed by atoms with Crippen LogP contribution >= 0.6 is 0 Å². The van der Waals surface area contributed by atoms with Gasteiger partial charge in [-0.3, -0.25) is 0 Å². The Morgan fingerprint density at radius 2 is 2.10 bits per heavy atom. The number of nitrogens with zero attached hydrogens (tertiary/aromatic N) is 4. The van der Waals surface area contributed by atoms with Crippen LogP contribution in [0.2, 0.25) is 0 Å². The van der Waals surface area contributed by atoms with Gasteiger partial charge >= 0.3 is 0 Å². The van der Waals surface area contributed by atoms with Gasteiger partial charge in [-0.25, -0.2) is 15.0 Å². The van der Waals surface area contributed by atoms with Gasteiger partial charge in [0, 0.05) is 6.61 Å². The van der Waals surface area contributed by atoms with E-state index in [1.165, 1.54) is 6.33 Å². The van der Waals surface area contributed by atoms with Crippen LogP contribution in [0.3, 0.4) is 0 Å². The van der Waals surface area contributed by atoms with Crippen LogP contribution in [-0.2, 0) is 0 Å². The molecule has 1 fully saturated rings. The Hall–Kier alpha value is -1.77. The van der Waals surface area contributed by atoms with Crippen LogP contribution in [0, 0.1) is 11.8 Å². The number of nitrogen functional groups attached to an aromatic ring is 1. The van der Waals surface area contributed by atoms with Crippen molar-refractivity contribution < 1.29 is 15.3 Å². The van der Waals surface area contributed by atoms with Crippen LogP contribution in [0.4, 0.5) is 5.82 Å². The van der Waals surface area contributed by atoms with Gasteiger partial charge in [-0.2, -0.15) is 0 Å². The monoisotopic (exact) mass is 293 g/mol. The molecule has 5 N–H and O–H groups in total. The molecule has 0 radical (unpaired) electrons. The lowest BCUT2D eigenvalue weighted by atomic mass is 9.91. The van der Waals surface area contributed by atoms with Gasteiger partial charge in [0.1, 0.15) is 17.9 Å². The van der Waals surface area contributed by atoms with Gasteiger partial charge in [-0.15, -0.1) is 0 Å². The van der Waals surface area contributed by atoms with E-state index >= 15 is 0 Å². The van der Waals surface area contributed by atoms with E-state index in [4.69, 9.17) is 5.73 Å². The summed E-state index contributed by atoms with van der Waals surface area (Å²) in [6, 6.07) is -0.349. The van der Waals surface area contributed by atoms with Gasteiger partial charge in [-0.05, 0) is 18.3 Å². The van der Waals surface area contributed by atoms with Crippen LogP contribution in [0.5, 0.6) is 0 Å². The Morgan fingerprint density at radius 3 is 2.81 bits per heavy atom. The van der Waals surface area contributed by atoms with Crippen LogP contribution in [0.1, 0.15) is 19.4 Å². The molecule has 0 aromatic carbocycles. The summed E-state index contributed by atoms with van der Waals surface area (Å²) in [4.78, 5) is 12.2. The second-order valence-electron chi connectivity index (χ2n) is 5.69. The van der Waals surface area contributed by atoms with Crippen LogP contribution in [-0.4, -0.2) is 53.7 Å². The minimum absolute atomic E-state index is 0.0268. The first-order valence-electron chi connectivity index (χ1n) is 6.94. The molecule has 5 atom stereocenters. The van der Waals surface area contributed by atoms with E-state index in [1.54, 1.807) is 10.9 Å². The number of aliphatic hydroxyl groups excluding tert-OH is 3. The highest BCUT2D eigenvalue weighted by molar-refractivity contribution is 5.81. The van der Waals surface area contributed by atoms with Gasteiger partial charge in [0.15, 0.2) is 11.5 Å². The molecule has 0 spiro atoms. The van der Waals surface area contributed by atoms with Crippen molar-refractivity contribution in [2.45, 2.75) is 31.6 Å². The van der Waals surface area contributed by atoms with E-state index in [0.29, 0.717) is 17.6 Å². The van der Waals surface area contributed by atoms with E-state index in [2.05, 4.69) is 15.0 Å². The summed E-state index contributed by atoms with van der Waals surface area (Å²) < 4.78 is 1.73. The molecule has 0 bridgehead atoms. The highest BCUT2D eigenvalue weighted by Gasteiger charge is 2.44. The molecule has 114 valence electrons. The average Bonchev–Trinajstić information content (AvgIpc) is 3.02. The molecule has 0 amide bonds. The maximum Gasteiger partial charge on any atom is 0.165 e. The maximum absolute atomic E-state index is 10.3. The number of anilines is 1. The quantitative estimate of drug-likeness (QED) is 0.589. The molecule has 2 aromatic heterocycles. The zero-order valence-electron chi connectivity index (χ0n) is 11.7. The summed E-state index contributed by atoms with van der Waals surface area (Å²) >= 11 is 0. The topological polar surface area (TPSA) is 130 Å². The Labute approximate surface area is 121 Å². The van der Waals surface area contributed by atoms with Crippen molar-refractivity contribution in [3.8, 4) is 0 Å². The number of fused-ring (bicyclic) bond motifs is 1. The molecule has 0 aliphatic heterocycles. The lowest BCUT2D eigenvalue weighted by molar-refractivity contribution is -0.00859. The molecule has 21 heavy (non-hydrogen) atoms. The number of aromatic nitrogens is 4. The summed E-state index contributed by atoms with van der Waals surface area (Å²) in [5.74, 6) is 0.0211. The lowest BCUT2D eigenvalue weighted by Crippen LogP contribution is -2.32. The number of hydrogen-bond donors (Lipinski definition) is 4. The third-order valence-corrected chi connectivity index (χ3v) is 4.46. The van der Waals surface area contributed by atoms with E-state index in [0.717, 1.165) is 0 Å². The summed E-state index contributed by atoms with van der Waals surface area (Å²) in [5.41, 5.74) is 6.78. The highest BCUT2D eigenvalue weighted by atomic mass is 16.3. The zero-order chi connectivity index (χ0) is 15.1. The first kappa shape index (κ1) is 14.2. The van der Waals surface area contributed by atoms with Gasteiger partial charge < -0.3 is 25.6 Å². The molecular weight excluding hydrogens is 274 g/mol. The number of imidazole rings is 1. The third-order valence-electron chi connectivity index (χ3n) is 4.46. The number of hydrogen-bond acceptors (Lipinski definition) is 7. The highest BCUT2D eigenvalue weighted by Crippen LogP contribution is 2.40. The fourth-order valence-corrected chi connectivity index (χ4v) is 3.13. The van der Waals surface area contributed by atoms with Crippen molar-refractivity contribution in [2.24, 2.45) is 11.8 Å². The molecule has 1 aliphatic carbocycles. The molecule has 3 rings (SSSR count). The summed E-state index contributed by atoms with van der Waals surface area (Å²) in [5, 5.41) is 29.8. The van der Waals surface area contributed by atoms with Crippen LogP contribution in [0.25, 0.3) is 11.2 Å². The minimum atomic E-state index is -0.933. The van der Waals surface area contributed by atoms with E-state index in [9.17, 15) is 15.3 Å². The molecule has 1 saturated carbocycles. The first-order valence-corrected chi connectivity index (χ1v) is 6.94. The molecule has 0 saturated heterocycles. The first-order chi connectivity index (χ1) is 10.0. The van der Waals surface area contributed by atoms with Crippen molar-refractivity contribution in [3.63, 3.8) is 0 Å².